The Labute approximate surface area is 73.7 Å². The number of Topliss-reactive ketones (excluding diaryl/α,β-unsaturated/α-hetero) is 1. The van der Waals surface area contributed by atoms with Gasteiger partial charge < -0.3 is 4.90 Å². The molecule has 2 aliphatic rings. The van der Waals surface area contributed by atoms with Crippen LogP contribution in [0.1, 0.15) is 6.42 Å². The maximum absolute atomic E-state index is 12.6. The molecule has 0 N–H and O–H groups in total. The molecule has 1 aliphatic carbocycles. The van der Waals surface area contributed by atoms with Gasteiger partial charge in [-0.3, -0.25) is 4.79 Å². The summed E-state index contributed by atoms with van der Waals surface area (Å²) in [4.78, 5) is 12.7. The highest BCUT2D eigenvalue weighted by atomic mass is 19.4. The minimum atomic E-state index is -4.36. The molecular weight excluding hydrogens is 183 g/mol. The Hall–Kier alpha value is -0.580. The van der Waals surface area contributed by atoms with Crippen LogP contribution in [0.4, 0.5) is 13.2 Å². The van der Waals surface area contributed by atoms with Crippen molar-refractivity contribution in [3.63, 3.8) is 0 Å². The molecule has 5 heteroatoms. The second-order valence-corrected chi connectivity index (χ2v) is 3.99. The minimum Gasteiger partial charge on any atom is -0.305 e. The van der Waals surface area contributed by atoms with Crippen molar-refractivity contribution in [2.24, 2.45) is 11.3 Å². The molecule has 2 atom stereocenters. The zero-order valence-electron chi connectivity index (χ0n) is 7.19. The molecule has 2 nitrogen and oxygen atoms in total. The summed E-state index contributed by atoms with van der Waals surface area (Å²) >= 11 is 0. The first-order valence-corrected chi connectivity index (χ1v) is 4.16. The molecule has 0 bridgehead atoms. The molecule has 1 aliphatic heterocycles. The second kappa shape index (κ2) is 2.26. The SMILES string of the molecule is CN1CC2CC(=O)C2(C(F)(F)F)C1. The average molecular weight is 193 g/mol. The molecule has 2 fully saturated rings. The molecule has 13 heavy (non-hydrogen) atoms. The van der Waals surface area contributed by atoms with Crippen molar-refractivity contribution < 1.29 is 18.0 Å². The van der Waals surface area contributed by atoms with Gasteiger partial charge in [-0.2, -0.15) is 13.2 Å². The van der Waals surface area contributed by atoms with Crippen molar-refractivity contribution in [1.29, 1.82) is 0 Å². The Kier molecular flexibility index (Phi) is 1.56. The van der Waals surface area contributed by atoms with E-state index in [1.165, 1.54) is 0 Å². The van der Waals surface area contributed by atoms with E-state index < -0.39 is 23.3 Å². The largest absolute Gasteiger partial charge is 0.402 e. The smallest absolute Gasteiger partial charge is 0.305 e. The number of halogens is 3. The molecule has 74 valence electrons. The Morgan fingerprint density at radius 2 is 2.15 bits per heavy atom. The number of alkyl halides is 3. The minimum absolute atomic E-state index is 0.101. The maximum Gasteiger partial charge on any atom is 0.402 e. The Morgan fingerprint density at radius 1 is 1.54 bits per heavy atom. The van der Waals surface area contributed by atoms with Crippen molar-refractivity contribution in [1.82, 2.24) is 4.90 Å². The predicted molar refractivity (Wildman–Crippen MR) is 39.1 cm³/mol. The van der Waals surface area contributed by atoms with Gasteiger partial charge in [-0.05, 0) is 7.05 Å². The van der Waals surface area contributed by atoms with Crippen LogP contribution in [0, 0.1) is 11.3 Å². The van der Waals surface area contributed by atoms with E-state index in [2.05, 4.69) is 0 Å². The van der Waals surface area contributed by atoms with Crippen LogP contribution in [-0.4, -0.2) is 37.0 Å². The molecule has 0 spiro atoms. The topological polar surface area (TPSA) is 20.3 Å². The first kappa shape index (κ1) is 8.99. The maximum atomic E-state index is 12.6. The lowest BCUT2D eigenvalue weighted by Crippen LogP contribution is -2.58. The highest BCUT2D eigenvalue weighted by Gasteiger charge is 2.72. The first-order valence-electron chi connectivity index (χ1n) is 4.16. The van der Waals surface area contributed by atoms with E-state index in [1.807, 2.05) is 0 Å². The first-order chi connectivity index (χ1) is 5.88. The second-order valence-electron chi connectivity index (χ2n) is 3.99. The van der Waals surface area contributed by atoms with Crippen molar-refractivity contribution >= 4 is 5.78 Å². The van der Waals surface area contributed by atoms with Crippen LogP contribution in [0.2, 0.25) is 0 Å². The molecule has 2 rings (SSSR count). The molecular formula is C8H10F3NO. The molecule has 0 aromatic heterocycles. The zero-order valence-corrected chi connectivity index (χ0v) is 7.19. The Bertz CT molecular complexity index is 263. The molecule has 0 amide bonds. The number of nitrogens with zero attached hydrogens (tertiary/aromatic N) is 1. The third kappa shape index (κ3) is 0.907. The molecule has 0 radical (unpaired) electrons. The lowest BCUT2D eigenvalue weighted by Gasteiger charge is -2.43. The lowest BCUT2D eigenvalue weighted by molar-refractivity contribution is -0.243. The highest BCUT2D eigenvalue weighted by molar-refractivity contribution is 5.93. The fourth-order valence-electron chi connectivity index (χ4n) is 2.46. The number of hydrogen-bond donors (Lipinski definition) is 0. The van der Waals surface area contributed by atoms with Gasteiger partial charge in [-0.15, -0.1) is 0 Å². The normalized spacial score (nSPS) is 40.3. The predicted octanol–water partition coefficient (Wildman–Crippen LogP) is 1.07. The number of hydrogen-bond acceptors (Lipinski definition) is 2. The van der Waals surface area contributed by atoms with Gasteiger partial charge in [0.1, 0.15) is 11.2 Å². The van der Waals surface area contributed by atoms with Gasteiger partial charge in [0, 0.05) is 25.4 Å². The van der Waals surface area contributed by atoms with E-state index >= 15 is 0 Å². The van der Waals surface area contributed by atoms with Crippen molar-refractivity contribution in [3.05, 3.63) is 0 Å². The van der Waals surface area contributed by atoms with E-state index in [4.69, 9.17) is 0 Å². The van der Waals surface area contributed by atoms with Crippen LogP contribution in [-0.2, 0) is 4.79 Å². The summed E-state index contributed by atoms with van der Waals surface area (Å²) in [6, 6.07) is 0. The van der Waals surface area contributed by atoms with Gasteiger partial charge in [-0.25, -0.2) is 0 Å². The number of fused-ring (bicyclic) bond motifs is 1. The van der Waals surface area contributed by atoms with E-state index in [0.717, 1.165) is 0 Å². The monoisotopic (exact) mass is 193 g/mol. The summed E-state index contributed by atoms with van der Waals surface area (Å²) in [5, 5.41) is 0. The number of carbonyl (C=O) groups excluding carboxylic acids is 1. The molecule has 1 saturated heterocycles. The number of likely N-dealkylation sites (tertiary alicyclic amines) is 1. The van der Waals surface area contributed by atoms with E-state index in [9.17, 15) is 18.0 Å². The van der Waals surface area contributed by atoms with Gasteiger partial charge in [-0.1, -0.05) is 0 Å². The third-order valence-corrected chi connectivity index (χ3v) is 3.18. The van der Waals surface area contributed by atoms with Gasteiger partial charge in [0.15, 0.2) is 0 Å². The lowest BCUT2D eigenvalue weighted by atomic mass is 9.60. The summed E-state index contributed by atoms with van der Waals surface area (Å²) in [5.74, 6) is -1.13. The standard InChI is InChI=1S/C8H10F3NO/c1-12-3-5-2-6(13)7(5,4-12)8(9,10)11/h5H,2-4H2,1H3. The van der Waals surface area contributed by atoms with Crippen LogP contribution in [0.5, 0.6) is 0 Å². The summed E-state index contributed by atoms with van der Waals surface area (Å²) in [6.45, 7) is 0.241. The third-order valence-electron chi connectivity index (χ3n) is 3.18. The number of rotatable bonds is 0. The van der Waals surface area contributed by atoms with Gasteiger partial charge in [0.05, 0.1) is 0 Å². The summed E-state index contributed by atoms with van der Waals surface area (Å²) in [5.41, 5.74) is -2.01. The summed E-state index contributed by atoms with van der Waals surface area (Å²) < 4.78 is 37.9. The zero-order chi connectivity index (χ0) is 9.85. The van der Waals surface area contributed by atoms with Crippen LogP contribution in [0.15, 0.2) is 0 Å². The van der Waals surface area contributed by atoms with Crippen molar-refractivity contribution in [2.45, 2.75) is 12.6 Å². The molecule has 2 unspecified atom stereocenters. The van der Waals surface area contributed by atoms with Crippen molar-refractivity contribution in [3.8, 4) is 0 Å². The number of carbonyl (C=O) groups is 1. The van der Waals surface area contributed by atoms with Crippen molar-refractivity contribution in [2.75, 3.05) is 20.1 Å². The van der Waals surface area contributed by atoms with Gasteiger partial charge in [0.2, 0.25) is 0 Å². The fraction of sp³-hybridized carbons (Fsp3) is 0.875. The average Bonchev–Trinajstić information content (AvgIpc) is 2.22. The Morgan fingerprint density at radius 3 is 2.46 bits per heavy atom. The van der Waals surface area contributed by atoms with E-state index in [-0.39, 0.29) is 13.0 Å². The van der Waals surface area contributed by atoms with Crippen LogP contribution >= 0.6 is 0 Å². The summed E-state index contributed by atoms with van der Waals surface area (Å²) in [6.07, 6.45) is -4.26. The molecule has 0 aromatic carbocycles. The quantitative estimate of drug-likeness (QED) is 0.573. The van der Waals surface area contributed by atoms with Crippen LogP contribution < -0.4 is 0 Å². The van der Waals surface area contributed by atoms with E-state index in [1.54, 1.807) is 11.9 Å². The Balaban J connectivity index is 2.34. The van der Waals surface area contributed by atoms with Gasteiger partial charge >= 0.3 is 6.18 Å². The van der Waals surface area contributed by atoms with Gasteiger partial charge in [0.25, 0.3) is 0 Å². The summed E-state index contributed by atoms with van der Waals surface area (Å²) in [7, 11) is 1.62. The fourth-order valence-corrected chi connectivity index (χ4v) is 2.46. The van der Waals surface area contributed by atoms with Crippen LogP contribution in [0.25, 0.3) is 0 Å². The molecule has 0 aromatic rings. The molecule has 1 heterocycles. The van der Waals surface area contributed by atoms with E-state index in [0.29, 0.717) is 6.54 Å². The number of ketones is 1. The highest BCUT2D eigenvalue weighted by Crippen LogP contribution is 2.57. The molecule has 1 saturated carbocycles. The van der Waals surface area contributed by atoms with Crippen LogP contribution in [0.3, 0.4) is 0 Å².